The van der Waals surface area contributed by atoms with E-state index < -0.39 is 17.7 Å². The number of carbonyl (C=O) groups excluding carboxylic acids is 2. The van der Waals surface area contributed by atoms with Crippen molar-refractivity contribution in [2.24, 2.45) is 5.92 Å². The van der Waals surface area contributed by atoms with E-state index >= 15 is 0 Å². The maximum atomic E-state index is 12.6. The molecule has 7 nitrogen and oxygen atoms in total. The Morgan fingerprint density at radius 2 is 1.96 bits per heavy atom. The fraction of sp³-hybridized carbons (Fsp3) is 0.571. The van der Waals surface area contributed by atoms with Crippen LogP contribution >= 0.6 is 0 Å². The first-order valence-corrected chi connectivity index (χ1v) is 9.63. The quantitative estimate of drug-likeness (QED) is 0.748. The van der Waals surface area contributed by atoms with E-state index in [1.165, 1.54) is 17.9 Å². The van der Waals surface area contributed by atoms with Gasteiger partial charge in [-0.1, -0.05) is 20.3 Å². The summed E-state index contributed by atoms with van der Waals surface area (Å²) in [6, 6.07) is 2.16. The molecule has 1 N–H and O–H groups in total. The van der Waals surface area contributed by atoms with Gasteiger partial charge in [-0.25, -0.2) is 19.1 Å². The van der Waals surface area contributed by atoms with Crippen LogP contribution in [0.5, 0.6) is 0 Å². The Labute approximate surface area is 166 Å². The Balaban J connectivity index is 2.49. The lowest BCUT2D eigenvalue weighted by molar-refractivity contribution is 0.0543. The van der Waals surface area contributed by atoms with Crippen molar-refractivity contribution < 1.29 is 19.1 Å². The SMILES string of the molecule is CC[C@H](C)[C@@H](C)NCc1ccnc2c1c(C(=O)OC)cn2C(=O)OC(C)(C)C. The van der Waals surface area contributed by atoms with Gasteiger partial charge in [0.1, 0.15) is 5.60 Å². The number of methoxy groups -OCH3 is 1. The van der Waals surface area contributed by atoms with Crippen LogP contribution in [0.15, 0.2) is 18.5 Å². The maximum absolute atomic E-state index is 12.6. The first-order valence-electron chi connectivity index (χ1n) is 9.63. The van der Waals surface area contributed by atoms with Gasteiger partial charge in [-0.3, -0.25) is 0 Å². The fourth-order valence-corrected chi connectivity index (χ4v) is 2.91. The molecule has 0 aliphatic rings. The monoisotopic (exact) mass is 389 g/mol. The molecule has 2 aromatic heterocycles. The molecule has 0 saturated heterocycles. The van der Waals surface area contributed by atoms with E-state index in [0.717, 1.165) is 12.0 Å². The molecule has 0 fully saturated rings. The molecule has 0 aliphatic carbocycles. The number of hydrogen-bond donors (Lipinski definition) is 1. The molecule has 0 unspecified atom stereocenters. The molecular weight excluding hydrogens is 358 g/mol. The summed E-state index contributed by atoms with van der Waals surface area (Å²) in [6.07, 6.45) is 3.56. The van der Waals surface area contributed by atoms with Gasteiger partial charge in [-0.05, 0) is 45.2 Å². The van der Waals surface area contributed by atoms with Crippen LogP contribution in [0.2, 0.25) is 0 Å². The number of fused-ring (bicyclic) bond motifs is 1. The Bertz CT molecular complexity index is 851. The molecule has 2 heterocycles. The number of esters is 1. The van der Waals surface area contributed by atoms with E-state index in [1.54, 1.807) is 27.0 Å². The van der Waals surface area contributed by atoms with Gasteiger partial charge in [0, 0.05) is 30.4 Å². The number of aromatic nitrogens is 2. The van der Waals surface area contributed by atoms with Crippen molar-refractivity contribution >= 4 is 23.1 Å². The summed E-state index contributed by atoms with van der Waals surface area (Å²) in [5.74, 6) is 0.000278. The highest BCUT2D eigenvalue weighted by atomic mass is 16.6. The first-order chi connectivity index (χ1) is 13.1. The molecule has 0 spiro atoms. The second-order valence-corrected chi connectivity index (χ2v) is 8.11. The zero-order valence-electron chi connectivity index (χ0n) is 17.8. The highest BCUT2D eigenvalue weighted by Gasteiger charge is 2.25. The summed E-state index contributed by atoms with van der Waals surface area (Å²) in [6.45, 7) is 12.4. The lowest BCUT2D eigenvalue weighted by Crippen LogP contribution is -2.31. The molecule has 2 rings (SSSR count). The standard InChI is InChI=1S/C21H31N3O4/c1-8-13(2)14(3)23-11-15-9-10-22-18-17(15)16(19(25)27-7)12-24(18)20(26)28-21(4,5)6/h9-10,12-14,23H,8,11H2,1-7H3/t13-,14+/m0/s1. The predicted octanol–water partition coefficient (Wildman–Crippen LogP) is 4.13. The fourth-order valence-electron chi connectivity index (χ4n) is 2.91. The molecule has 2 atom stereocenters. The van der Waals surface area contributed by atoms with Crippen LogP contribution in [0.1, 0.15) is 63.9 Å². The molecule has 28 heavy (non-hydrogen) atoms. The number of pyridine rings is 1. The largest absolute Gasteiger partial charge is 0.465 e. The third-order valence-electron chi connectivity index (χ3n) is 4.88. The van der Waals surface area contributed by atoms with Crippen LogP contribution < -0.4 is 5.32 Å². The van der Waals surface area contributed by atoms with Crippen molar-refractivity contribution in [3.8, 4) is 0 Å². The topological polar surface area (TPSA) is 82.5 Å². The summed E-state index contributed by atoms with van der Waals surface area (Å²) in [4.78, 5) is 29.3. The van der Waals surface area contributed by atoms with Gasteiger partial charge in [-0.15, -0.1) is 0 Å². The van der Waals surface area contributed by atoms with Crippen LogP contribution in [0.4, 0.5) is 4.79 Å². The van der Waals surface area contributed by atoms with Crippen LogP contribution in [-0.4, -0.2) is 40.4 Å². The number of hydrogen-bond acceptors (Lipinski definition) is 6. The molecule has 0 aliphatic heterocycles. The summed E-state index contributed by atoms with van der Waals surface area (Å²) in [5, 5.41) is 4.10. The van der Waals surface area contributed by atoms with Crippen LogP contribution in [0.25, 0.3) is 11.0 Å². The Morgan fingerprint density at radius 3 is 2.54 bits per heavy atom. The Hall–Kier alpha value is -2.41. The van der Waals surface area contributed by atoms with Gasteiger partial charge in [0.15, 0.2) is 5.65 Å². The number of ether oxygens (including phenoxy) is 2. The second-order valence-electron chi connectivity index (χ2n) is 8.11. The molecule has 0 amide bonds. The van der Waals surface area contributed by atoms with Crippen molar-refractivity contribution in [1.29, 1.82) is 0 Å². The zero-order chi connectivity index (χ0) is 21.1. The highest BCUT2D eigenvalue weighted by molar-refractivity contribution is 6.06. The summed E-state index contributed by atoms with van der Waals surface area (Å²) < 4.78 is 11.7. The van der Waals surface area contributed by atoms with Gasteiger partial charge in [0.05, 0.1) is 12.7 Å². The van der Waals surface area contributed by atoms with Gasteiger partial charge >= 0.3 is 12.1 Å². The molecule has 0 radical (unpaired) electrons. The highest BCUT2D eigenvalue weighted by Crippen LogP contribution is 2.26. The third kappa shape index (κ3) is 4.90. The van der Waals surface area contributed by atoms with Crippen molar-refractivity contribution in [1.82, 2.24) is 14.9 Å². The van der Waals surface area contributed by atoms with Crippen molar-refractivity contribution in [3.63, 3.8) is 0 Å². The van der Waals surface area contributed by atoms with E-state index in [4.69, 9.17) is 9.47 Å². The van der Waals surface area contributed by atoms with E-state index in [-0.39, 0.29) is 0 Å². The van der Waals surface area contributed by atoms with Crippen LogP contribution in [0, 0.1) is 5.92 Å². The van der Waals surface area contributed by atoms with E-state index in [2.05, 4.69) is 31.1 Å². The number of nitrogens with one attached hydrogen (secondary N) is 1. The number of nitrogens with zero attached hydrogens (tertiary/aromatic N) is 2. The van der Waals surface area contributed by atoms with Gasteiger partial charge in [-0.2, -0.15) is 0 Å². The predicted molar refractivity (Wildman–Crippen MR) is 108 cm³/mol. The van der Waals surface area contributed by atoms with Crippen molar-refractivity contribution in [2.75, 3.05) is 7.11 Å². The molecular formula is C21H31N3O4. The van der Waals surface area contributed by atoms with Crippen LogP contribution in [0.3, 0.4) is 0 Å². The molecule has 2 aromatic rings. The van der Waals surface area contributed by atoms with Gasteiger partial charge in [0.2, 0.25) is 0 Å². The number of rotatable bonds is 6. The van der Waals surface area contributed by atoms with Crippen LogP contribution in [-0.2, 0) is 16.0 Å². The smallest absolute Gasteiger partial charge is 0.420 e. The van der Waals surface area contributed by atoms with Gasteiger partial charge in [0.25, 0.3) is 0 Å². The Kier molecular flexibility index (Phi) is 6.82. The lowest BCUT2D eigenvalue weighted by Gasteiger charge is -2.20. The van der Waals surface area contributed by atoms with E-state index in [1.807, 2.05) is 6.07 Å². The lowest BCUT2D eigenvalue weighted by atomic mass is 10.0. The molecule has 0 bridgehead atoms. The number of carbonyl (C=O) groups is 2. The third-order valence-corrected chi connectivity index (χ3v) is 4.88. The van der Waals surface area contributed by atoms with E-state index in [9.17, 15) is 9.59 Å². The molecule has 0 saturated carbocycles. The zero-order valence-corrected chi connectivity index (χ0v) is 17.8. The Morgan fingerprint density at radius 1 is 1.29 bits per heavy atom. The summed E-state index contributed by atoms with van der Waals surface area (Å²) >= 11 is 0. The minimum absolute atomic E-state index is 0.296. The second kappa shape index (κ2) is 8.73. The normalized spacial score (nSPS) is 14.0. The van der Waals surface area contributed by atoms with Crippen molar-refractivity contribution in [2.45, 2.75) is 66.2 Å². The van der Waals surface area contributed by atoms with E-state index in [0.29, 0.717) is 35.1 Å². The molecule has 7 heteroatoms. The summed E-state index contributed by atoms with van der Waals surface area (Å²) in [5.41, 5.74) is 0.890. The summed E-state index contributed by atoms with van der Waals surface area (Å²) in [7, 11) is 1.32. The first kappa shape index (κ1) is 21.9. The molecule has 154 valence electrons. The average Bonchev–Trinajstić information content (AvgIpc) is 3.03. The average molecular weight is 389 g/mol. The molecule has 0 aromatic carbocycles. The maximum Gasteiger partial charge on any atom is 0.420 e. The van der Waals surface area contributed by atoms with Gasteiger partial charge < -0.3 is 14.8 Å². The minimum Gasteiger partial charge on any atom is -0.465 e. The minimum atomic E-state index is -0.663. The van der Waals surface area contributed by atoms with Crippen molar-refractivity contribution in [3.05, 3.63) is 29.6 Å².